The Morgan fingerprint density at radius 1 is 1.29 bits per heavy atom. The van der Waals surface area contributed by atoms with Crippen molar-refractivity contribution >= 4 is 0 Å². The molecule has 1 fully saturated rings. The van der Waals surface area contributed by atoms with Crippen LogP contribution >= 0.6 is 0 Å². The van der Waals surface area contributed by atoms with Crippen molar-refractivity contribution < 1.29 is 0 Å². The molecular formula is C19H32N2. The quantitative estimate of drug-likeness (QED) is 0.904. The number of rotatable bonds is 4. The molecule has 1 saturated heterocycles. The van der Waals surface area contributed by atoms with Crippen molar-refractivity contribution in [3.8, 4) is 0 Å². The molecule has 2 rings (SSSR count). The molecular weight excluding hydrogens is 256 g/mol. The molecule has 21 heavy (non-hydrogen) atoms. The highest BCUT2D eigenvalue weighted by molar-refractivity contribution is 5.30. The maximum absolute atomic E-state index is 3.74. The Morgan fingerprint density at radius 2 is 2.00 bits per heavy atom. The number of nitrogens with one attached hydrogen (secondary N) is 1. The van der Waals surface area contributed by atoms with Crippen LogP contribution < -0.4 is 5.32 Å². The topological polar surface area (TPSA) is 15.3 Å². The third-order valence-electron chi connectivity index (χ3n) is 4.74. The molecule has 1 unspecified atom stereocenters. The molecule has 1 aromatic rings. The minimum Gasteiger partial charge on any atom is -0.311 e. The minimum absolute atomic E-state index is 0.226. The first kappa shape index (κ1) is 16.5. The van der Waals surface area contributed by atoms with Gasteiger partial charge in [-0.15, -0.1) is 0 Å². The number of hydrogen-bond donors (Lipinski definition) is 1. The summed E-state index contributed by atoms with van der Waals surface area (Å²) in [6, 6.07) is 7.45. The highest BCUT2D eigenvalue weighted by atomic mass is 15.3. The molecule has 2 heteroatoms. The second-order valence-electron chi connectivity index (χ2n) is 7.83. The van der Waals surface area contributed by atoms with E-state index in [0.29, 0.717) is 6.04 Å². The van der Waals surface area contributed by atoms with Crippen LogP contribution in [-0.2, 0) is 6.54 Å². The van der Waals surface area contributed by atoms with Gasteiger partial charge in [-0.2, -0.15) is 0 Å². The highest BCUT2D eigenvalue weighted by Gasteiger charge is 2.34. The van der Waals surface area contributed by atoms with Crippen molar-refractivity contribution in [2.75, 3.05) is 13.1 Å². The van der Waals surface area contributed by atoms with Crippen LogP contribution in [0.25, 0.3) is 0 Å². The first-order valence-corrected chi connectivity index (χ1v) is 8.32. The lowest BCUT2D eigenvalue weighted by atomic mass is 9.92. The Hall–Kier alpha value is -0.860. The van der Waals surface area contributed by atoms with E-state index in [1.165, 1.54) is 23.1 Å². The summed E-state index contributed by atoms with van der Waals surface area (Å²) in [5, 5.41) is 3.74. The standard InChI is InChI=1S/C19H32N2/c1-14(2)9-18-12-21(19(5,6)13-20-18)11-17-10-15(3)7-8-16(17)4/h7-8,10,14,18,20H,9,11-13H2,1-6H3. The average Bonchev–Trinajstić information content (AvgIpc) is 2.37. The molecule has 1 aliphatic heterocycles. The lowest BCUT2D eigenvalue weighted by Gasteiger charge is -2.47. The molecule has 0 aromatic heterocycles. The first-order chi connectivity index (χ1) is 9.78. The maximum Gasteiger partial charge on any atom is 0.0281 e. The first-order valence-electron chi connectivity index (χ1n) is 8.32. The van der Waals surface area contributed by atoms with Crippen molar-refractivity contribution in [1.82, 2.24) is 10.2 Å². The molecule has 2 nitrogen and oxygen atoms in total. The van der Waals surface area contributed by atoms with Gasteiger partial charge in [0.05, 0.1) is 0 Å². The summed E-state index contributed by atoms with van der Waals surface area (Å²) < 4.78 is 0. The van der Waals surface area contributed by atoms with E-state index in [0.717, 1.165) is 25.6 Å². The van der Waals surface area contributed by atoms with Crippen molar-refractivity contribution in [1.29, 1.82) is 0 Å². The molecule has 1 aromatic carbocycles. The fourth-order valence-corrected chi connectivity index (χ4v) is 3.27. The van der Waals surface area contributed by atoms with E-state index >= 15 is 0 Å². The Balaban J connectivity index is 2.12. The van der Waals surface area contributed by atoms with Crippen LogP contribution in [0.4, 0.5) is 0 Å². The van der Waals surface area contributed by atoms with Crippen LogP contribution in [-0.4, -0.2) is 29.6 Å². The van der Waals surface area contributed by atoms with Crippen LogP contribution in [0.2, 0.25) is 0 Å². The normalized spacial score (nSPS) is 22.7. The fraction of sp³-hybridized carbons (Fsp3) is 0.684. The van der Waals surface area contributed by atoms with Gasteiger partial charge < -0.3 is 5.32 Å². The Morgan fingerprint density at radius 3 is 2.67 bits per heavy atom. The number of piperazine rings is 1. The van der Waals surface area contributed by atoms with E-state index in [1.54, 1.807) is 0 Å². The summed E-state index contributed by atoms with van der Waals surface area (Å²) in [7, 11) is 0. The van der Waals surface area contributed by atoms with Gasteiger partial charge in [-0.25, -0.2) is 0 Å². The van der Waals surface area contributed by atoms with E-state index in [2.05, 4.69) is 70.0 Å². The molecule has 0 spiro atoms. The Kier molecular flexibility index (Phi) is 5.11. The molecule has 0 saturated carbocycles. The van der Waals surface area contributed by atoms with Crippen LogP contribution in [0, 0.1) is 19.8 Å². The monoisotopic (exact) mass is 288 g/mol. The summed E-state index contributed by atoms with van der Waals surface area (Å²) in [5.74, 6) is 0.756. The zero-order chi connectivity index (χ0) is 15.6. The summed E-state index contributed by atoms with van der Waals surface area (Å²) in [6.45, 7) is 17.1. The van der Waals surface area contributed by atoms with Gasteiger partial charge >= 0.3 is 0 Å². The second-order valence-corrected chi connectivity index (χ2v) is 7.83. The Labute approximate surface area is 130 Å². The largest absolute Gasteiger partial charge is 0.311 e. The van der Waals surface area contributed by atoms with Crippen LogP contribution in [0.1, 0.15) is 50.8 Å². The third kappa shape index (κ3) is 4.31. The zero-order valence-electron chi connectivity index (χ0n) is 14.7. The molecule has 0 amide bonds. The third-order valence-corrected chi connectivity index (χ3v) is 4.74. The van der Waals surface area contributed by atoms with E-state index in [9.17, 15) is 0 Å². The maximum atomic E-state index is 3.74. The van der Waals surface area contributed by atoms with Crippen LogP contribution in [0.15, 0.2) is 18.2 Å². The Bertz CT molecular complexity index is 476. The van der Waals surface area contributed by atoms with Crippen LogP contribution in [0.3, 0.4) is 0 Å². The lowest BCUT2D eigenvalue weighted by molar-refractivity contribution is 0.0534. The molecule has 0 bridgehead atoms. The minimum atomic E-state index is 0.226. The molecule has 1 atom stereocenters. The highest BCUT2D eigenvalue weighted by Crippen LogP contribution is 2.25. The number of hydrogen-bond acceptors (Lipinski definition) is 2. The summed E-state index contributed by atoms with van der Waals surface area (Å²) in [5.41, 5.74) is 4.48. The number of benzene rings is 1. The number of nitrogens with zero attached hydrogens (tertiary/aromatic N) is 1. The van der Waals surface area contributed by atoms with Crippen molar-refractivity contribution in [3.63, 3.8) is 0 Å². The van der Waals surface area contributed by atoms with Gasteiger partial charge in [-0.1, -0.05) is 37.6 Å². The van der Waals surface area contributed by atoms with Crippen molar-refractivity contribution in [2.45, 2.75) is 66.1 Å². The van der Waals surface area contributed by atoms with Gasteiger partial charge in [0.2, 0.25) is 0 Å². The second kappa shape index (κ2) is 6.50. The smallest absolute Gasteiger partial charge is 0.0281 e. The SMILES string of the molecule is Cc1ccc(C)c(CN2CC(CC(C)C)NCC2(C)C)c1. The van der Waals surface area contributed by atoms with E-state index in [-0.39, 0.29) is 5.54 Å². The van der Waals surface area contributed by atoms with Gasteiger partial charge in [0, 0.05) is 31.2 Å². The molecule has 1 aliphatic rings. The van der Waals surface area contributed by atoms with Gasteiger partial charge in [0.25, 0.3) is 0 Å². The summed E-state index contributed by atoms with van der Waals surface area (Å²) in [6.07, 6.45) is 1.26. The summed E-state index contributed by atoms with van der Waals surface area (Å²) in [4.78, 5) is 2.66. The molecule has 1 N–H and O–H groups in total. The van der Waals surface area contributed by atoms with Crippen LogP contribution in [0.5, 0.6) is 0 Å². The van der Waals surface area contributed by atoms with Gasteiger partial charge in [0.1, 0.15) is 0 Å². The average molecular weight is 288 g/mol. The lowest BCUT2D eigenvalue weighted by Crippen LogP contribution is -2.61. The predicted molar refractivity (Wildman–Crippen MR) is 91.7 cm³/mol. The van der Waals surface area contributed by atoms with Gasteiger partial charge in [-0.3, -0.25) is 4.90 Å². The van der Waals surface area contributed by atoms with E-state index in [1.807, 2.05) is 0 Å². The molecule has 0 radical (unpaired) electrons. The van der Waals surface area contributed by atoms with Gasteiger partial charge in [-0.05, 0) is 51.2 Å². The molecule has 1 heterocycles. The summed E-state index contributed by atoms with van der Waals surface area (Å²) >= 11 is 0. The van der Waals surface area contributed by atoms with E-state index < -0.39 is 0 Å². The fourth-order valence-electron chi connectivity index (χ4n) is 3.27. The zero-order valence-corrected chi connectivity index (χ0v) is 14.7. The van der Waals surface area contributed by atoms with Crippen molar-refractivity contribution in [3.05, 3.63) is 34.9 Å². The number of aryl methyl sites for hydroxylation is 2. The van der Waals surface area contributed by atoms with Crippen molar-refractivity contribution in [2.24, 2.45) is 5.92 Å². The predicted octanol–water partition coefficient (Wildman–Crippen LogP) is 3.90. The van der Waals surface area contributed by atoms with Gasteiger partial charge in [0.15, 0.2) is 0 Å². The molecule has 118 valence electrons. The molecule has 0 aliphatic carbocycles. The van der Waals surface area contributed by atoms with E-state index in [4.69, 9.17) is 0 Å².